The van der Waals surface area contributed by atoms with Crippen molar-refractivity contribution >= 4 is 16.9 Å². The van der Waals surface area contributed by atoms with E-state index in [1.54, 1.807) is 18.3 Å². The van der Waals surface area contributed by atoms with Crippen LogP contribution in [-0.2, 0) is 0 Å². The van der Waals surface area contributed by atoms with Gasteiger partial charge in [-0.25, -0.2) is 9.97 Å². The van der Waals surface area contributed by atoms with E-state index < -0.39 is 17.6 Å². The first kappa shape index (κ1) is 19.3. The normalized spacial score (nSPS) is 15.1. The fraction of sp³-hybridized carbons (Fsp3) is 0.174. The number of amides is 1. The van der Waals surface area contributed by atoms with Crippen molar-refractivity contribution in [3.63, 3.8) is 0 Å². The fourth-order valence-electron chi connectivity index (χ4n) is 3.54. The Balaban J connectivity index is 1.43. The molecule has 0 atom stereocenters. The monoisotopic (exact) mass is 422 g/mol. The smallest absolute Gasteiger partial charge is 0.339 e. The zero-order valence-electron chi connectivity index (χ0n) is 16.2. The van der Waals surface area contributed by atoms with Crippen molar-refractivity contribution in [2.45, 2.75) is 24.6 Å². The SMILES string of the molecule is O=C(NC1(C(F)(F)F)CC1)c1cccc(-c2cnc3[nH]c(-c4ccccc4)cc3c2)n1. The van der Waals surface area contributed by atoms with E-state index in [0.29, 0.717) is 16.9 Å². The Labute approximate surface area is 175 Å². The number of H-pyrrole nitrogens is 1. The van der Waals surface area contributed by atoms with Crippen molar-refractivity contribution in [1.29, 1.82) is 0 Å². The Morgan fingerprint density at radius 2 is 1.77 bits per heavy atom. The molecule has 0 spiro atoms. The van der Waals surface area contributed by atoms with Gasteiger partial charge in [-0.05, 0) is 42.7 Å². The van der Waals surface area contributed by atoms with Crippen LogP contribution in [0.25, 0.3) is 33.5 Å². The highest BCUT2D eigenvalue weighted by Crippen LogP contribution is 2.49. The summed E-state index contributed by atoms with van der Waals surface area (Å²) < 4.78 is 39.4. The molecule has 0 radical (unpaired) electrons. The Kier molecular flexibility index (Phi) is 4.32. The number of halogens is 3. The van der Waals surface area contributed by atoms with Crippen LogP contribution in [0.1, 0.15) is 23.3 Å². The molecule has 31 heavy (non-hydrogen) atoms. The molecule has 5 rings (SSSR count). The lowest BCUT2D eigenvalue weighted by atomic mass is 10.1. The van der Waals surface area contributed by atoms with E-state index in [-0.39, 0.29) is 18.5 Å². The lowest BCUT2D eigenvalue weighted by molar-refractivity contribution is -0.163. The van der Waals surface area contributed by atoms with Crippen molar-refractivity contribution in [3.05, 3.63) is 72.6 Å². The molecule has 0 unspecified atom stereocenters. The van der Waals surface area contributed by atoms with Gasteiger partial charge in [0.15, 0.2) is 0 Å². The Bertz CT molecular complexity index is 1280. The van der Waals surface area contributed by atoms with Gasteiger partial charge in [0.1, 0.15) is 16.9 Å². The molecule has 3 aromatic heterocycles. The number of carbonyl (C=O) groups is 1. The summed E-state index contributed by atoms with van der Waals surface area (Å²) in [5.41, 5.74) is 1.59. The van der Waals surface area contributed by atoms with Gasteiger partial charge in [0.25, 0.3) is 5.91 Å². The molecule has 0 bridgehead atoms. The van der Waals surface area contributed by atoms with Gasteiger partial charge in [0, 0.05) is 22.8 Å². The minimum atomic E-state index is -4.47. The fourth-order valence-corrected chi connectivity index (χ4v) is 3.54. The number of rotatable bonds is 4. The van der Waals surface area contributed by atoms with Crippen molar-refractivity contribution in [3.8, 4) is 22.5 Å². The Morgan fingerprint density at radius 3 is 2.48 bits per heavy atom. The highest BCUT2D eigenvalue weighted by atomic mass is 19.4. The maximum Gasteiger partial charge on any atom is 0.411 e. The van der Waals surface area contributed by atoms with E-state index in [0.717, 1.165) is 16.6 Å². The van der Waals surface area contributed by atoms with Crippen LogP contribution in [0.2, 0.25) is 0 Å². The molecular weight excluding hydrogens is 405 g/mol. The third kappa shape index (κ3) is 3.54. The average molecular weight is 422 g/mol. The summed E-state index contributed by atoms with van der Waals surface area (Å²) in [4.78, 5) is 24.4. The zero-order chi connectivity index (χ0) is 21.6. The van der Waals surface area contributed by atoms with Gasteiger partial charge in [-0.3, -0.25) is 4.79 Å². The minimum Gasteiger partial charge on any atom is -0.339 e. The highest BCUT2D eigenvalue weighted by Gasteiger charge is 2.64. The number of benzene rings is 1. The maximum atomic E-state index is 13.1. The summed E-state index contributed by atoms with van der Waals surface area (Å²) in [6.07, 6.45) is -3.07. The summed E-state index contributed by atoms with van der Waals surface area (Å²) in [5.74, 6) is -0.835. The summed E-state index contributed by atoms with van der Waals surface area (Å²) in [6, 6.07) is 18.4. The molecule has 8 heteroatoms. The third-order valence-corrected chi connectivity index (χ3v) is 5.48. The summed E-state index contributed by atoms with van der Waals surface area (Å²) in [5, 5.41) is 2.97. The van der Waals surface area contributed by atoms with Crippen LogP contribution in [0.3, 0.4) is 0 Å². The van der Waals surface area contributed by atoms with Crippen molar-refractivity contribution in [2.24, 2.45) is 0 Å². The quantitative estimate of drug-likeness (QED) is 0.480. The van der Waals surface area contributed by atoms with Gasteiger partial charge in [0.2, 0.25) is 0 Å². The van der Waals surface area contributed by atoms with Crippen LogP contribution in [-0.4, -0.2) is 32.6 Å². The van der Waals surface area contributed by atoms with Crippen molar-refractivity contribution < 1.29 is 18.0 Å². The number of nitrogens with zero attached hydrogens (tertiary/aromatic N) is 2. The van der Waals surface area contributed by atoms with Crippen LogP contribution >= 0.6 is 0 Å². The molecular formula is C23H17F3N4O. The molecule has 0 aliphatic heterocycles. The minimum absolute atomic E-state index is 0.0628. The zero-order valence-corrected chi connectivity index (χ0v) is 16.2. The van der Waals surface area contributed by atoms with Gasteiger partial charge < -0.3 is 10.3 Å². The number of aromatic nitrogens is 3. The lowest BCUT2D eigenvalue weighted by Crippen LogP contribution is -2.48. The molecule has 1 aliphatic carbocycles. The van der Waals surface area contributed by atoms with Gasteiger partial charge in [-0.15, -0.1) is 0 Å². The van der Waals surface area contributed by atoms with E-state index in [2.05, 4.69) is 20.3 Å². The molecule has 2 N–H and O–H groups in total. The molecule has 4 aromatic rings. The number of nitrogens with one attached hydrogen (secondary N) is 2. The molecule has 1 fully saturated rings. The van der Waals surface area contributed by atoms with Crippen molar-refractivity contribution in [2.75, 3.05) is 0 Å². The number of aromatic amines is 1. The largest absolute Gasteiger partial charge is 0.411 e. The van der Waals surface area contributed by atoms with Crippen LogP contribution in [0.5, 0.6) is 0 Å². The van der Waals surface area contributed by atoms with Crippen LogP contribution in [0, 0.1) is 0 Å². The molecule has 156 valence electrons. The number of fused-ring (bicyclic) bond motifs is 1. The van der Waals surface area contributed by atoms with E-state index in [4.69, 9.17) is 0 Å². The van der Waals surface area contributed by atoms with Gasteiger partial charge in [0.05, 0.1) is 5.69 Å². The first-order valence-electron chi connectivity index (χ1n) is 9.76. The van der Waals surface area contributed by atoms with Crippen LogP contribution in [0.4, 0.5) is 13.2 Å². The molecule has 0 saturated heterocycles. The number of pyridine rings is 2. The first-order chi connectivity index (χ1) is 14.8. The van der Waals surface area contributed by atoms with E-state index in [1.165, 1.54) is 6.07 Å². The lowest BCUT2D eigenvalue weighted by Gasteiger charge is -2.20. The molecule has 3 heterocycles. The van der Waals surface area contributed by atoms with Gasteiger partial charge in [-0.1, -0.05) is 36.4 Å². The van der Waals surface area contributed by atoms with E-state index >= 15 is 0 Å². The van der Waals surface area contributed by atoms with Gasteiger partial charge >= 0.3 is 6.18 Å². The summed E-state index contributed by atoms with van der Waals surface area (Å²) >= 11 is 0. The summed E-state index contributed by atoms with van der Waals surface area (Å²) in [7, 11) is 0. The Morgan fingerprint density at radius 1 is 1.00 bits per heavy atom. The number of alkyl halides is 3. The maximum absolute atomic E-state index is 13.1. The number of hydrogen-bond acceptors (Lipinski definition) is 3. The second-order valence-electron chi connectivity index (χ2n) is 7.65. The molecule has 1 amide bonds. The molecule has 1 saturated carbocycles. The second kappa shape index (κ2) is 6.94. The van der Waals surface area contributed by atoms with Crippen molar-refractivity contribution in [1.82, 2.24) is 20.3 Å². The predicted molar refractivity (Wildman–Crippen MR) is 110 cm³/mol. The Hall–Kier alpha value is -3.68. The van der Waals surface area contributed by atoms with E-state index in [9.17, 15) is 18.0 Å². The van der Waals surface area contributed by atoms with Crippen LogP contribution < -0.4 is 5.32 Å². The molecule has 1 aromatic carbocycles. The topological polar surface area (TPSA) is 70.7 Å². The second-order valence-corrected chi connectivity index (χ2v) is 7.65. The molecule has 1 aliphatic rings. The van der Waals surface area contributed by atoms with Crippen LogP contribution in [0.15, 0.2) is 66.9 Å². The van der Waals surface area contributed by atoms with E-state index in [1.807, 2.05) is 42.5 Å². The molecule has 5 nitrogen and oxygen atoms in total. The highest BCUT2D eigenvalue weighted by molar-refractivity contribution is 5.94. The predicted octanol–water partition coefficient (Wildman–Crippen LogP) is 5.12. The third-order valence-electron chi connectivity index (χ3n) is 5.48. The van der Waals surface area contributed by atoms with Gasteiger partial charge in [-0.2, -0.15) is 13.2 Å². The number of hydrogen-bond donors (Lipinski definition) is 2. The summed E-state index contributed by atoms with van der Waals surface area (Å²) in [6.45, 7) is 0. The average Bonchev–Trinajstić information content (AvgIpc) is 3.44. The standard InChI is InChI=1S/C23H17F3N4O/c24-23(25,26)22(9-10-22)30-21(31)18-8-4-7-17(28-18)16-11-15-12-19(29-20(15)27-13-16)14-5-2-1-3-6-14/h1-8,11-13H,9-10H2,(H,27,29)(H,30,31). The number of carbonyl (C=O) groups excluding carboxylic acids is 1. The first-order valence-corrected chi connectivity index (χ1v) is 9.76.